The van der Waals surface area contributed by atoms with Gasteiger partial charge in [-0.3, -0.25) is 9.89 Å². The number of nitrogens with zero attached hydrogens (tertiary/aromatic N) is 1. The van der Waals surface area contributed by atoms with Gasteiger partial charge in [0.25, 0.3) is 5.91 Å². The van der Waals surface area contributed by atoms with Gasteiger partial charge in [-0.25, -0.2) is 0 Å². The molecular weight excluding hydrogens is 250 g/mol. The van der Waals surface area contributed by atoms with Crippen molar-refractivity contribution in [3.63, 3.8) is 0 Å². The van der Waals surface area contributed by atoms with Crippen molar-refractivity contribution in [2.75, 3.05) is 0 Å². The summed E-state index contributed by atoms with van der Waals surface area (Å²) in [5, 5.41) is 11.1. The van der Waals surface area contributed by atoms with Gasteiger partial charge < -0.3 is 5.32 Å². The number of nitrogens with one attached hydrogen (secondary N) is 2. The first-order valence-electron chi connectivity index (χ1n) is 6.51. The standard InChI is InChI=1S/C16H15N3O/c1-11-6-8-12(9-7-11)16(20)17-10-15-13-4-2-3-5-14(13)18-19-15/h2-9H,10H2,1H3,(H,17,20)(H,18,19). The second-order valence-corrected chi connectivity index (χ2v) is 4.77. The number of fused-ring (bicyclic) bond motifs is 1. The molecule has 0 saturated heterocycles. The fourth-order valence-corrected chi connectivity index (χ4v) is 2.12. The molecule has 1 heterocycles. The molecular formula is C16H15N3O. The summed E-state index contributed by atoms with van der Waals surface area (Å²) in [5.41, 5.74) is 3.63. The van der Waals surface area contributed by atoms with Gasteiger partial charge in [0.2, 0.25) is 0 Å². The van der Waals surface area contributed by atoms with Gasteiger partial charge in [0.05, 0.1) is 17.8 Å². The van der Waals surface area contributed by atoms with Crippen LogP contribution in [0.5, 0.6) is 0 Å². The van der Waals surface area contributed by atoms with Crippen molar-refractivity contribution in [3.05, 3.63) is 65.4 Å². The summed E-state index contributed by atoms with van der Waals surface area (Å²) in [5.74, 6) is -0.0799. The van der Waals surface area contributed by atoms with E-state index in [1.807, 2.05) is 55.5 Å². The Hall–Kier alpha value is -2.62. The zero-order valence-corrected chi connectivity index (χ0v) is 11.2. The summed E-state index contributed by atoms with van der Waals surface area (Å²) in [4.78, 5) is 12.0. The molecule has 2 N–H and O–H groups in total. The van der Waals surface area contributed by atoms with Gasteiger partial charge >= 0.3 is 0 Å². The number of benzene rings is 2. The van der Waals surface area contributed by atoms with Crippen LogP contribution in [0, 0.1) is 6.92 Å². The Balaban J connectivity index is 1.73. The molecule has 4 heteroatoms. The molecule has 2 aromatic carbocycles. The average Bonchev–Trinajstić information content (AvgIpc) is 2.89. The molecule has 0 fully saturated rings. The van der Waals surface area contributed by atoms with Crippen molar-refractivity contribution in [2.45, 2.75) is 13.5 Å². The quantitative estimate of drug-likeness (QED) is 0.765. The van der Waals surface area contributed by atoms with Crippen LogP contribution in [0.1, 0.15) is 21.6 Å². The lowest BCUT2D eigenvalue weighted by molar-refractivity contribution is 0.0950. The van der Waals surface area contributed by atoms with Crippen LogP contribution in [0.3, 0.4) is 0 Å². The van der Waals surface area contributed by atoms with Crippen molar-refractivity contribution >= 4 is 16.8 Å². The van der Waals surface area contributed by atoms with Crippen LogP contribution >= 0.6 is 0 Å². The minimum Gasteiger partial charge on any atom is -0.346 e. The van der Waals surface area contributed by atoms with Gasteiger partial charge in [-0.1, -0.05) is 35.9 Å². The third kappa shape index (κ3) is 2.40. The molecule has 0 spiro atoms. The summed E-state index contributed by atoms with van der Waals surface area (Å²) < 4.78 is 0. The van der Waals surface area contributed by atoms with Gasteiger partial charge in [0, 0.05) is 10.9 Å². The first-order valence-corrected chi connectivity index (χ1v) is 6.51. The van der Waals surface area contributed by atoms with E-state index in [-0.39, 0.29) is 5.91 Å². The fourth-order valence-electron chi connectivity index (χ4n) is 2.12. The number of aromatic amines is 1. The highest BCUT2D eigenvalue weighted by molar-refractivity contribution is 5.94. The van der Waals surface area contributed by atoms with E-state index in [0.29, 0.717) is 12.1 Å². The minimum absolute atomic E-state index is 0.0799. The maximum absolute atomic E-state index is 12.0. The van der Waals surface area contributed by atoms with Gasteiger partial charge in [-0.15, -0.1) is 0 Å². The predicted octanol–water partition coefficient (Wildman–Crippen LogP) is 2.80. The molecule has 0 radical (unpaired) electrons. The highest BCUT2D eigenvalue weighted by Crippen LogP contribution is 2.14. The van der Waals surface area contributed by atoms with Crippen molar-refractivity contribution in [2.24, 2.45) is 0 Å². The number of aromatic nitrogens is 2. The van der Waals surface area contributed by atoms with Gasteiger partial charge in [0.1, 0.15) is 0 Å². The Labute approximate surface area is 116 Å². The Morgan fingerprint density at radius 2 is 1.90 bits per heavy atom. The van der Waals surface area contributed by atoms with Crippen LogP contribution in [0.4, 0.5) is 0 Å². The molecule has 100 valence electrons. The van der Waals surface area contributed by atoms with Crippen molar-refractivity contribution in [1.82, 2.24) is 15.5 Å². The Bertz CT molecular complexity index is 744. The molecule has 3 aromatic rings. The molecule has 0 bridgehead atoms. The molecule has 4 nitrogen and oxygen atoms in total. The van der Waals surface area contributed by atoms with E-state index < -0.39 is 0 Å². The number of carbonyl (C=O) groups excluding carboxylic acids is 1. The molecule has 20 heavy (non-hydrogen) atoms. The molecule has 1 amide bonds. The predicted molar refractivity (Wildman–Crippen MR) is 78.4 cm³/mol. The first kappa shape index (κ1) is 12.4. The molecule has 0 saturated carbocycles. The molecule has 0 aliphatic heterocycles. The topological polar surface area (TPSA) is 57.8 Å². The number of amides is 1. The lowest BCUT2D eigenvalue weighted by Crippen LogP contribution is -2.23. The van der Waals surface area contributed by atoms with E-state index in [2.05, 4.69) is 15.5 Å². The largest absolute Gasteiger partial charge is 0.346 e. The lowest BCUT2D eigenvalue weighted by atomic mass is 10.1. The van der Waals surface area contributed by atoms with E-state index in [4.69, 9.17) is 0 Å². The maximum Gasteiger partial charge on any atom is 0.251 e. The average molecular weight is 265 g/mol. The van der Waals surface area contributed by atoms with Crippen molar-refractivity contribution in [3.8, 4) is 0 Å². The molecule has 3 rings (SSSR count). The summed E-state index contributed by atoms with van der Waals surface area (Å²) >= 11 is 0. The van der Waals surface area contributed by atoms with Gasteiger partial charge in [-0.2, -0.15) is 5.10 Å². The normalized spacial score (nSPS) is 10.7. The van der Waals surface area contributed by atoms with E-state index >= 15 is 0 Å². The SMILES string of the molecule is Cc1ccc(C(=O)NCc2[nH]nc3ccccc23)cc1. The third-order valence-electron chi connectivity index (χ3n) is 3.28. The Morgan fingerprint density at radius 3 is 2.70 bits per heavy atom. The summed E-state index contributed by atoms with van der Waals surface area (Å²) in [6.07, 6.45) is 0. The third-order valence-corrected chi connectivity index (χ3v) is 3.28. The molecule has 1 aromatic heterocycles. The number of H-pyrrole nitrogens is 1. The number of hydrogen-bond acceptors (Lipinski definition) is 2. The van der Waals surface area contributed by atoms with Crippen molar-refractivity contribution < 1.29 is 4.79 Å². The van der Waals surface area contributed by atoms with Crippen LogP contribution < -0.4 is 5.32 Å². The first-order chi connectivity index (χ1) is 9.74. The molecule has 0 unspecified atom stereocenters. The van der Waals surface area contributed by atoms with Crippen molar-refractivity contribution in [1.29, 1.82) is 0 Å². The highest BCUT2D eigenvalue weighted by atomic mass is 16.1. The zero-order chi connectivity index (χ0) is 13.9. The zero-order valence-electron chi connectivity index (χ0n) is 11.2. The summed E-state index contributed by atoms with van der Waals surface area (Å²) in [7, 11) is 0. The number of para-hydroxylation sites is 1. The fraction of sp³-hybridized carbons (Fsp3) is 0.125. The van der Waals surface area contributed by atoms with Gasteiger partial charge in [0.15, 0.2) is 0 Å². The second-order valence-electron chi connectivity index (χ2n) is 4.77. The van der Waals surface area contributed by atoms with Crippen LogP contribution in [-0.2, 0) is 6.54 Å². The smallest absolute Gasteiger partial charge is 0.251 e. The van der Waals surface area contributed by atoms with Crippen LogP contribution in [0.25, 0.3) is 10.9 Å². The monoisotopic (exact) mass is 265 g/mol. The summed E-state index contributed by atoms with van der Waals surface area (Å²) in [6, 6.07) is 15.4. The number of carbonyl (C=O) groups is 1. The second kappa shape index (κ2) is 5.17. The molecule has 0 atom stereocenters. The maximum atomic E-state index is 12.0. The van der Waals surface area contributed by atoms with Crippen LogP contribution in [0.15, 0.2) is 48.5 Å². The Morgan fingerprint density at radius 1 is 1.15 bits per heavy atom. The number of aryl methyl sites for hydroxylation is 1. The van der Waals surface area contributed by atoms with E-state index in [1.165, 1.54) is 0 Å². The van der Waals surface area contributed by atoms with E-state index in [0.717, 1.165) is 22.2 Å². The van der Waals surface area contributed by atoms with E-state index in [9.17, 15) is 4.79 Å². The van der Waals surface area contributed by atoms with Crippen LogP contribution in [-0.4, -0.2) is 16.1 Å². The Kier molecular flexibility index (Phi) is 3.21. The van der Waals surface area contributed by atoms with Gasteiger partial charge in [-0.05, 0) is 25.1 Å². The molecule has 0 aliphatic rings. The number of rotatable bonds is 3. The lowest BCUT2D eigenvalue weighted by Gasteiger charge is -2.04. The molecule has 0 aliphatic carbocycles. The minimum atomic E-state index is -0.0799. The summed E-state index contributed by atoms with van der Waals surface area (Å²) in [6.45, 7) is 2.44. The highest BCUT2D eigenvalue weighted by Gasteiger charge is 2.08. The van der Waals surface area contributed by atoms with E-state index in [1.54, 1.807) is 0 Å². The van der Waals surface area contributed by atoms with Crippen LogP contribution in [0.2, 0.25) is 0 Å². The number of hydrogen-bond donors (Lipinski definition) is 2.